The molecule has 0 atom stereocenters. The summed E-state index contributed by atoms with van der Waals surface area (Å²) < 4.78 is 15.2. The van der Waals surface area contributed by atoms with E-state index in [4.69, 9.17) is 13.9 Å². The number of carbonyl (C=O) groups is 5. The second-order valence-corrected chi connectivity index (χ2v) is 6.85. The first-order chi connectivity index (χ1) is 14.2. The lowest BCUT2D eigenvalue weighted by Gasteiger charge is -2.19. The van der Waals surface area contributed by atoms with Gasteiger partial charge in [0.2, 0.25) is 11.8 Å². The van der Waals surface area contributed by atoms with Crippen molar-refractivity contribution in [2.75, 3.05) is 31.6 Å². The first-order valence-corrected chi connectivity index (χ1v) is 9.79. The Morgan fingerprint density at radius 2 is 1.83 bits per heavy atom. The predicted octanol–water partition coefficient (Wildman–Crippen LogP) is 1.85. The average Bonchev–Trinajstić information content (AvgIpc) is 2.87. The van der Waals surface area contributed by atoms with Crippen LogP contribution in [0.1, 0.15) is 66.0 Å². The monoisotopic (exact) mass is 422 g/mol. The first kappa shape index (κ1) is 23.1. The highest BCUT2D eigenvalue weighted by Gasteiger charge is 2.29. The van der Waals surface area contributed by atoms with E-state index in [-0.39, 0.29) is 41.8 Å². The van der Waals surface area contributed by atoms with Gasteiger partial charge in [0.25, 0.3) is 5.91 Å². The van der Waals surface area contributed by atoms with Crippen LogP contribution in [0.5, 0.6) is 0 Å². The van der Waals surface area contributed by atoms with E-state index in [1.54, 1.807) is 6.92 Å². The van der Waals surface area contributed by atoms with Gasteiger partial charge < -0.3 is 18.8 Å². The Hall–Kier alpha value is -3.17. The number of amides is 2. The van der Waals surface area contributed by atoms with Crippen LogP contribution in [-0.4, -0.2) is 60.7 Å². The summed E-state index contributed by atoms with van der Waals surface area (Å²) in [4.78, 5) is 61.6. The fourth-order valence-corrected chi connectivity index (χ4v) is 3.17. The van der Waals surface area contributed by atoms with E-state index in [1.807, 2.05) is 0 Å². The van der Waals surface area contributed by atoms with Crippen LogP contribution in [0.4, 0.5) is 5.88 Å². The Morgan fingerprint density at radius 3 is 2.50 bits per heavy atom. The Morgan fingerprint density at radius 1 is 1.10 bits per heavy atom. The summed E-state index contributed by atoms with van der Waals surface area (Å²) >= 11 is 0. The first-order valence-electron chi connectivity index (χ1n) is 9.79. The van der Waals surface area contributed by atoms with Crippen LogP contribution in [0.15, 0.2) is 4.42 Å². The van der Waals surface area contributed by atoms with Crippen molar-refractivity contribution in [1.29, 1.82) is 0 Å². The highest BCUT2D eigenvalue weighted by molar-refractivity contribution is 6.10. The normalized spacial score (nSPS) is 14.1. The van der Waals surface area contributed by atoms with E-state index < -0.39 is 30.2 Å². The third-order valence-corrected chi connectivity index (χ3v) is 4.52. The molecule has 10 heteroatoms. The molecule has 0 spiro atoms. The molecule has 1 saturated heterocycles. The number of esters is 2. The van der Waals surface area contributed by atoms with Crippen molar-refractivity contribution in [1.82, 2.24) is 4.90 Å². The summed E-state index contributed by atoms with van der Waals surface area (Å²) in [5, 5.41) is 2.33. The van der Waals surface area contributed by atoms with E-state index in [9.17, 15) is 24.0 Å². The number of hydrogen-bond donors (Lipinski definition) is 1. The number of anilines is 1. The molecular weight excluding hydrogens is 396 g/mol. The van der Waals surface area contributed by atoms with Gasteiger partial charge in [-0.2, -0.15) is 0 Å². The lowest BCUT2D eigenvalue weighted by Crippen LogP contribution is -2.36. The molecule has 0 bridgehead atoms. The van der Waals surface area contributed by atoms with Gasteiger partial charge in [-0.25, -0.2) is 4.79 Å². The van der Waals surface area contributed by atoms with Crippen LogP contribution >= 0.6 is 0 Å². The molecule has 1 aliphatic rings. The lowest BCUT2D eigenvalue weighted by atomic mass is 10.1. The molecule has 1 aromatic heterocycles. The maximum Gasteiger partial charge on any atom is 0.344 e. The molecule has 0 radical (unpaired) electrons. The molecule has 0 aromatic carbocycles. The summed E-state index contributed by atoms with van der Waals surface area (Å²) in [6, 6.07) is 0. The fourth-order valence-electron chi connectivity index (χ4n) is 3.17. The summed E-state index contributed by atoms with van der Waals surface area (Å²) in [6.07, 6.45) is 2.92. The van der Waals surface area contributed by atoms with Gasteiger partial charge >= 0.3 is 11.9 Å². The zero-order valence-electron chi connectivity index (χ0n) is 17.4. The Labute approximate surface area is 173 Å². The number of ketones is 1. The maximum atomic E-state index is 12.2. The summed E-state index contributed by atoms with van der Waals surface area (Å²) in [5.41, 5.74) is -0.169. The number of hydrogen-bond acceptors (Lipinski definition) is 8. The number of rotatable bonds is 8. The van der Waals surface area contributed by atoms with E-state index in [0.29, 0.717) is 13.0 Å². The van der Waals surface area contributed by atoms with Crippen LogP contribution < -0.4 is 5.32 Å². The Bertz CT molecular complexity index is 842. The van der Waals surface area contributed by atoms with Crippen molar-refractivity contribution in [2.45, 2.75) is 46.5 Å². The molecule has 164 valence electrons. The highest BCUT2D eigenvalue weighted by atomic mass is 16.5. The molecule has 2 amide bonds. The third-order valence-electron chi connectivity index (χ3n) is 4.52. The Balaban J connectivity index is 1.99. The van der Waals surface area contributed by atoms with Gasteiger partial charge in [0, 0.05) is 13.0 Å². The molecular formula is C20H26N2O8. The number of carbonyl (C=O) groups excluding carboxylic acids is 5. The Kier molecular flexibility index (Phi) is 8.14. The molecule has 10 nitrogen and oxygen atoms in total. The van der Waals surface area contributed by atoms with E-state index >= 15 is 0 Å². The minimum absolute atomic E-state index is 0.0143. The van der Waals surface area contributed by atoms with Gasteiger partial charge in [0.1, 0.15) is 17.9 Å². The van der Waals surface area contributed by atoms with E-state index in [2.05, 4.69) is 5.32 Å². The van der Waals surface area contributed by atoms with E-state index in [1.165, 1.54) is 18.7 Å². The lowest BCUT2D eigenvalue weighted by molar-refractivity contribution is -0.151. The molecule has 1 fully saturated rings. The molecule has 0 saturated carbocycles. The molecule has 2 heterocycles. The van der Waals surface area contributed by atoms with Crippen molar-refractivity contribution >= 4 is 35.4 Å². The molecule has 0 aliphatic carbocycles. The van der Waals surface area contributed by atoms with Gasteiger partial charge in [-0.05, 0) is 33.6 Å². The topological polar surface area (TPSA) is 132 Å². The number of furan rings is 1. The van der Waals surface area contributed by atoms with Gasteiger partial charge in [-0.3, -0.25) is 24.5 Å². The minimum atomic E-state index is -0.813. The molecule has 2 rings (SSSR count). The van der Waals surface area contributed by atoms with Crippen molar-refractivity contribution < 1.29 is 37.9 Å². The molecule has 1 aliphatic heterocycles. The van der Waals surface area contributed by atoms with Gasteiger partial charge in [0.15, 0.2) is 12.4 Å². The third kappa shape index (κ3) is 5.91. The van der Waals surface area contributed by atoms with Crippen molar-refractivity contribution in [3.05, 3.63) is 16.9 Å². The minimum Gasteiger partial charge on any atom is -0.462 e. The van der Waals surface area contributed by atoms with Crippen LogP contribution in [0.25, 0.3) is 0 Å². The molecule has 1 N–H and O–H groups in total. The fraction of sp³-hybridized carbons (Fsp3) is 0.550. The average molecular weight is 422 g/mol. The van der Waals surface area contributed by atoms with Crippen LogP contribution in [-0.2, 0) is 23.9 Å². The SMILES string of the molecule is CCOC(=O)c1c(NC(=O)COC(=O)CN2CCCCCC2=O)oc(C)c1C(C)=O. The standard InChI is InChI=1S/C20H26N2O8/c1-4-28-20(27)18-17(12(2)23)13(3)30-19(18)21-14(24)11-29-16(26)10-22-9-7-5-6-8-15(22)25/h4-11H2,1-3H3,(H,21,24). The number of nitrogens with one attached hydrogen (secondary N) is 1. The van der Waals surface area contributed by atoms with Crippen molar-refractivity contribution in [3.8, 4) is 0 Å². The largest absolute Gasteiger partial charge is 0.462 e. The van der Waals surface area contributed by atoms with Gasteiger partial charge in [-0.15, -0.1) is 0 Å². The summed E-state index contributed by atoms with van der Waals surface area (Å²) in [7, 11) is 0. The number of aryl methyl sites for hydroxylation is 1. The maximum absolute atomic E-state index is 12.2. The quantitative estimate of drug-likeness (QED) is 0.496. The number of nitrogens with zero attached hydrogens (tertiary/aromatic N) is 1. The second-order valence-electron chi connectivity index (χ2n) is 6.85. The summed E-state index contributed by atoms with van der Waals surface area (Å²) in [6.45, 7) is 4.02. The number of Topliss-reactive ketones (excluding diaryl/α,β-unsaturated/α-hetero) is 1. The predicted molar refractivity (Wildman–Crippen MR) is 104 cm³/mol. The van der Waals surface area contributed by atoms with Crippen LogP contribution in [0.2, 0.25) is 0 Å². The molecule has 1 aromatic rings. The molecule has 30 heavy (non-hydrogen) atoms. The summed E-state index contributed by atoms with van der Waals surface area (Å²) in [5.74, 6) is -2.93. The smallest absolute Gasteiger partial charge is 0.344 e. The zero-order valence-corrected chi connectivity index (χ0v) is 17.4. The van der Waals surface area contributed by atoms with Crippen LogP contribution in [0, 0.1) is 6.92 Å². The second kappa shape index (κ2) is 10.6. The van der Waals surface area contributed by atoms with Crippen molar-refractivity contribution in [2.24, 2.45) is 0 Å². The zero-order chi connectivity index (χ0) is 22.3. The van der Waals surface area contributed by atoms with Crippen molar-refractivity contribution in [3.63, 3.8) is 0 Å². The van der Waals surface area contributed by atoms with Crippen LogP contribution in [0.3, 0.4) is 0 Å². The van der Waals surface area contributed by atoms with E-state index in [0.717, 1.165) is 19.3 Å². The van der Waals surface area contributed by atoms with Gasteiger partial charge in [0.05, 0.1) is 12.2 Å². The number of ether oxygens (including phenoxy) is 2. The number of likely N-dealkylation sites (tertiary alicyclic amines) is 1. The molecule has 0 unspecified atom stereocenters. The van der Waals surface area contributed by atoms with Gasteiger partial charge in [-0.1, -0.05) is 6.42 Å². The highest BCUT2D eigenvalue weighted by Crippen LogP contribution is 2.28.